The van der Waals surface area contributed by atoms with E-state index in [9.17, 15) is 34.8 Å². The molecule has 2 aromatic rings. The molecule has 1 atom stereocenters. The summed E-state index contributed by atoms with van der Waals surface area (Å²) < 4.78 is 103. The summed E-state index contributed by atoms with van der Waals surface area (Å²) in [4.78, 5) is -1.06. The number of benzene rings is 1. The van der Waals surface area contributed by atoms with Crippen molar-refractivity contribution >= 4 is 31.4 Å². The average molecular weight is 392 g/mol. The molecular formula is C13H12F6NO2S2+. The van der Waals surface area contributed by atoms with E-state index in [1.165, 1.54) is 17.4 Å². The van der Waals surface area contributed by atoms with E-state index in [0.717, 1.165) is 17.1 Å². The van der Waals surface area contributed by atoms with Gasteiger partial charge in [0.25, 0.3) is 6.17 Å². The third-order valence-corrected chi connectivity index (χ3v) is 6.31. The van der Waals surface area contributed by atoms with E-state index >= 15 is 0 Å². The number of rotatable bonds is 4. The summed E-state index contributed by atoms with van der Waals surface area (Å²) in [6.45, 7) is 3.86. The van der Waals surface area contributed by atoms with Crippen LogP contribution in [0.15, 0.2) is 23.1 Å². The fourth-order valence-corrected chi connectivity index (χ4v) is 4.52. The van der Waals surface area contributed by atoms with Crippen LogP contribution < -0.4 is 4.57 Å². The SMILES string of the molecule is CC[n+]1c(C)sc2ccc(S(=O)(=O)C(F)(F)C(F)C(F)(F)F)cc21. The van der Waals surface area contributed by atoms with Crippen LogP contribution in [-0.2, 0) is 16.4 Å². The maximum absolute atomic E-state index is 13.7. The first kappa shape index (κ1) is 19.0. The molecule has 0 aliphatic rings. The minimum Gasteiger partial charge on any atom is -0.229 e. The third-order valence-electron chi connectivity index (χ3n) is 3.43. The van der Waals surface area contributed by atoms with Crippen LogP contribution >= 0.6 is 11.3 Å². The van der Waals surface area contributed by atoms with Crippen molar-refractivity contribution in [1.29, 1.82) is 0 Å². The van der Waals surface area contributed by atoms with Crippen molar-refractivity contribution < 1.29 is 39.3 Å². The highest BCUT2D eigenvalue weighted by Crippen LogP contribution is 2.41. The van der Waals surface area contributed by atoms with Crippen LogP contribution in [0.4, 0.5) is 26.3 Å². The van der Waals surface area contributed by atoms with E-state index in [4.69, 9.17) is 0 Å². The summed E-state index contributed by atoms with van der Waals surface area (Å²) in [5.41, 5.74) is 0.277. The average Bonchev–Trinajstić information content (AvgIpc) is 2.79. The lowest BCUT2D eigenvalue weighted by atomic mass is 10.3. The van der Waals surface area contributed by atoms with Gasteiger partial charge in [-0.15, -0.1) is 0 Å². The van der Waals surface area contributed by atoms with Crippen LogP contribution in [-0.4, -0.2) is 26.0 Å². The number of hydrogen-bond acceptors (Lipinski definition) is 3. The maximum Gasteiger partial charge on any atom is 0.426 e. The van der Waals surface area contributed by atoms with Crippen molar-refractivity contribution in [2.75, 3.05) is 0 Å². The molecule has 1 heterocycles. The lowest BCUT2D eigenvalue weighted by Gasteiger charge is -2.22. The predicted molar refractivity (Wildman–Crippen MR) is 75.5 cm³/mol. The zero-order valence-electron chi connectivity index (χ0n) is 12.4. The first-order valence-corrected chi connectivity index (χ1v) is 8.90. The number of thiazole rings is 1. The Kier molecular flexibility index (Phi) is 4.64. The fourth-order valence-electron chi connectivity index (χ4n) is 2.22. The molecule has 0 aliphatic carbocycles. The van der Waals surface area contributed by atoms with Crippen molar-refractivity contribution in [2.45, 2.75) is 42.9 Å². The molecule has 1 aromatic carbocycles. The molecule has 0 spiro atoms. The maximum atomic E-state index is 13.7. The third kappa shape index (κ3) is 2.87. The standard InChI is InChI=1S/C13H12F6NO2S2/c1-3-20-7(2)23-10-5-4-8(6-9(10)20)24(21,22)13(18,19)11(14)12(15,16)17/h4-6,11H,3H2,1-2H3/q+1. The molecule has 0 aliphatic heterocycles. The highest BCUT2D eigenvalue weighted by atomic mass is 32.2. The Balaban J connectivity index is 2.63. The highest BCUT2D eigenvalue weighted by Gasteiger charge is 2.64. The van der Waals surface area contributed by atoms with Gasteiger partial charge in [0.1, 0.15) is 11.2 Å². The van der Waals surface area contributed by atoms with Gasteiger partial charge in [0.15, 0.2) is 0 Å². The second-order valence-corrected chi connectivity index (χ2v) is 8.22. The Morgan fingerprint density at radius 3 is 2.29 bits per heavy atom. The molecule has 0 radical (unpaired) electrons. The number of halogens is 6. The second kappa shape index (κ2) is 5.87. The topological polar surface area (TPSA) is 38.0 Å². The van der Waals surface area contributed by atoms with E-state index in [2.05, 4.69) is 0 Å². The Morgan fingerprint density at radius 1 is 1.21 bits per heavy atom. The predicted octanol–water partition coefficient (Wildman–Crippen LogP) is 3.78. The number of fused-ring (bicyclic) bond motifs is 1. The molecule has 1 aromatic heterocycles. The van der Waals surface area contributed by atoms with Gasteiger partial charge in [-0.2, -0.15) is 26.5 Å². The molecule has 0 bridgehead atoms. The summed E-state index contributed by atoms with van der Waals surface area (Å²) >= 11 is 1.27. The molecular weight excluding hydrogens is 380 g/mol. The van der Waals surface area contributed by atoms with Gasteiger partial charge in [0.05, 0.1) is 4.90 Å². The molecule has 0 N–H and O–H groups in total. The number of sulfone groups is 1. The van der Waals surface area contributed by atoms with E-state index in [1.54, 1.807) is 18.4 Å². The van der Waals surface area contributed by atoms with E-state index in [1.807, 2.05) is 0 Å². The molecule has 24 heavy (non-hydrogen) atoms. The van der Waals surface area contributed by atoms with Gasteiger partial charge < -0.3 is 0 Å². The van der Waals surface area contributed by atoms with Crippen molar-refractivity contribution in [3.05, 3.63) is 23.2 Å². The molecule has 0 saturated heterocycles. The van der Waals surface area contributed by atoms with Gasteiger partial charge in [0, 0.05) is 13.0 Å². The minimum atomic E-state index is -6.00. The van der Waals surface area contributed by atoms with Crippen LogP contribution in [0.5, 0.6) is 0 Å². The van der Waals surface area contributed by atoms with E-state index in [0.29, 0.717) is 11.2 Å². The Morgan fingerprint density at radius 2 is 1.79 bits per heavy atom. The van der Waals surface area contributed by atoms with Crippen LogP contribution in [0.1, 0.15) is 11.9 Å². The normalized spacial score (nSPS) is 15.0. The number of alkyl halides is 6. The van der Waals surface area contributed by atoms with Crippen molar-refractivity contribution in [3.8, 4) is 0 Å². The number of aromatic nitrogens is 1. The minimum absolute atomic E-state index is 0.277. The van der Waals surface area contributed by atoms with E-state index < -0.39 is 32.3 Å². The summed E-state index contributed by atoms with van der Waals surface area (Å²) in [5.74, 6) is 0. The largest absolute Gasteiger partial charge is 0.426 e. The van der Waals surface area contributed by atoms with E-state index in [-0.39, 0.29) is 5.52 Å². The molecule has 11 heteroatoms. The second-order valence-electron chi connectivity index (χ2n) is 4.96. The van der Waals surface area contributed by atoms with Gasteiger partial charge in [-0.25, -0.2) is 12.8 Å². The zero-order chi connectivity index (χ0) is 18.5. The molecule has 134 valence electrons. The van der Waals surface area contributed by atoms with Gasteiger partial charge in [-0.1, -0.05) is 11.3 Å². The van der Waals surface area contributed by atoms with Crippen molar-refractivity contribution in [2.24, 2.45) is 0 Å². The first-order chi connectivity index (χ1) is 10.8. The van der Waals surface area contributed by atoms with Crippen molar-refractivity contribution in [1.82, 2.24) is 0 Å². The summed E-state index contributed by atoms with van der Waals surface area (Å²) in [6.07, 6.45) is -10.8. The van der Waals surface area contributed by atoms with Crippen molar-refractivity contribution in [3.63, 3.8) is 0 Å². The molecule has 0 saturated carbocycles. The van der Waals surface area contributed by atoms with Gasteiger partial charge in [0.2, 0.25) is 20.4 Å². The number of nitrogens with zero attached hydrogens (tertiary/aromatic N) is 1. The lowest BCUT2D eigenvalue weighted by Crippen LogP contribution is -2.47. The van der Waals surface area contributed by atoms with Crippen LogP contribution in [0.2, 0.25) is 0 Å². The highest BCUT2D eigenvalue weighted by molar-refractivity contribution is 7.92. The smallest absolute Gasteiger partial charge is 0.229 e. The quantitative estimate of drug-likeness (QED) is 0.587. The Hall–Kier alpha value is -1.36. The molecule has 0 fully saturated rings. The fraction of sp³-hybridized carbons (Fsp3) is 0.462. The Bertz CT molecular complexity index is 872. The summed E-state index contributed by atoms with van der Waals surface area (Å²) in [7, 11) is -5.87. The van der Waals surface area contributed by atoms with Gasteiger partial charge in [-0.05, 0) is 19.1 Å². The summed E-state index contributed by atoms with van der Waals surface area (Å²) in [6, 6.07) is 2.81. The molecule has 2 rings (SSSR count). The molecule has 1 unspecified atom stereocenters. The summed E-state index contributed by atoms with van der Waals surface area (Å²) in [5, 5.41) is -4.87. The first-order valence-electron chi connectivity index (χ1n) is 6.60. The van der Waals surface area contributed by atoms with Gasteiger partial charge in [-0.3, -0.25) is 0 Å². The number of hydrogen-bond donors (Lipinski definition) is 0. The number of aryl methyl sites for hydroxylation is 2. The lowest BCUT2D eigenvalue weighted by molar-refractivity contribution is -0.669. The molecule has 0 amide bonds. The van der Waals surface area contributed by atoms with Crippen LogP contribution in [0, 0.1) is 6.92 Å². The molecule has 3 nitrogen and oxygen atoms in total. The monoisotopic (exact) mass is 392 g/mol. The Labute approximate surface area is 137 Å². The van der Waals surface area contributed by atoms with Crippen LogP contribution in [0.3, 0.4) is 0 Å². The van der Waals surface area contributed by atoms with Gasteiger partial charge >= 0.3 is 11.4 Å². The van der Waals surface area contributed by atoms with Crippen LogP contribution in [0.25, 0.3) is 10.2 Å². The zero-order valence-corrected chi connectivity index (χ0v) is 14.0.